The molecular formula is C80H49BrN4. The van der Waals surface area contributed by atoms with Gasteiger partial charge in [0.2, 0.25) is 0 Å². The number of nitrogens with zero attached hydrogens (tertiary/aromatic N) is 3. The lowest BCUT2D eigenvalue weighted by Crippen LogP contribution is -1.96. The van der Waals surface area contributed by atoms with Crippen molar-refractivity contribution in [3.05, 3.63) is 296 Å². The van der Waals surface area contributed by atoms with Gasteiger partial charge in [-0.2, -0.15) is 0 Å². The first-order valence-electron chi connectivity index (χ1n) is 29.1. The van der Waals surface area contributed by atoms with Crippen molar-refractivity contribution in [3.8, 4) is 61.6 Å². The highest BCUT2D eigenvalue weighted by Crippen LogP contribution is 2.52. The quantitative estimate of drug-likeness (QED) is 0.183. The van der Waals surface area contributed by atoms with E-state index in [4.69, 9.17) is 0 Å². The lowest BCUT2D eigenvalue weighted by atomic mass is 9.99. The third-order valence-electron chi connectivity index (χ3n) is 18.0. The third kappa shape index (κ3) is 7.08. The number of benzene rings is 14. The fraction of sp³-hybridized carbons (Fsp3) is 0. The van der Waals surface area contributed by atoms with Crippen molar-refractivity contribution in [1.82, 2.24) is 18.7 Å². The Bertz CT molecular complexity index is 5800. The minimum absolute atomic E-state index is 1.11. The first-order valence-corrected chi connectivity index (χ1v) is 29.9. The molecule has 0 aliphatic heterocycles. The van der Waals surface area contributed by atoms with Crippen LogP contribution in [0.15, 0.2) is 296 Å². The Hall–Kier alpha value is -10.7. The molecule has 5 heteroatoms. The maximum atomic E-state index is 3.63. The van der Waals surface area contributed by atoms with E-state index in [1.807, 2.05) is 6.07 Å². The number of para-hydroxylation sites is 6. The Balaban J connectivity index is 0.000000107. The van der Waals surface area contributed by atoms with Crippen LogP contribution in [0.3, 0.4) is 0 Å². The molecule has 18 aromatic rings. The molecule has 14 aromatic carbocycles. The first-order chi connectivity index (χ1) is 42.1. The van der Waals surface area contributed by atoms with Crippen molar-refractivity contribution in [2.24, 2.45) is 0 Å². The van der Waals surface area contributed by atoms with Crippen molar-refractivity contribution < 1.29 is 0 Å². The van der Waals surface area contributed by atoms with Gasteiger partial charge < -0.3 is 18.7 Å². The average Bonchev–Trinajstić information content (AvgIpc) is 1.93. The first kappa shape index (κ1) is 47.9. The fourth-order valence-electron chi connectivity index (χ4n) is 14.5. The number of aromatic amines is 1. The Morgan fingerprint density at radius 2 is 0.647 bits per heavy atom. The van der Waals surface area contributed by atoms with Gasteiger partial charge in [0.05, 0.1) is 38.6 Å². The van der Waals surface area contributed by atoms with Crippen molar-refractivity contribution >= 4 is 125 Å². The van der Waals surface area contributed by atoms with Gasteiger partial charge in [-0.05, 0) is 152 Å². The van der Waals surface area contributed by atoms with Crippen LogP contribution in [0.4, 0.5) is 0 Å². The number of hydrogen-bond acceptors (Lipinski definition) is 0. The standard InChI is InChI=1S/C40H24N2.C22H13N.C18H12BrN/c1-2-11-25(12-3-1)41-36-19-8-6-15-29(36)33-23-26(21-22-38(33)41)42-37-20-9-7-16-30(37)35-24-34-28-14-5-4-13-27(28)31-17-10-18-32(39(31)34)40(35)42;1-2-7-14-13(6-1)16-9-5-10-17-21(16)18(14)12-19-15-8-3-4-11-20(15)23-22(17)19;19-13-10-11-18-16(12-13)15-8-4-5-9-17(15)20(18)14-6-2-1-3-7-14/h1-24H;1-12,23H;1-12H. The summed E-state index contributed by atoms with van der Waals surface area (Å²) in [4.78, 5) is 3.63. The van der Waals surface area contributed by atoms with E-state index in [2.05, 4.69) is 320 Å². The molecule has 4 heterocycles. The Labute approximate surface area is 497 Å². The topological polar surface area (TPSA) is 30.6 Å². The second kappa shape index (κ2) is 18.6. The molecule has 0 saturated heterocycles. The van der Waals surface area contributed by atoms with Crippen molar-refractivity contribution in [3.63, 3.8) is 0 Å². The van der Waals surface area contributed by atoms with Crippen molar-refractivity contribution in [2.75, 3.05) is 0 Å². The minimum Gasteiger partial charge on any atom is -0.354 e. The number of fused-ring (bicyclic) bond motifs is 20. The highest BCUT2D eigenvalue weighted by molar-refractivity contribution is 9.10. The van der Waals surface area contributed by atoms with Crippen LogP contribution in [0.25, 0.3) is 170 Å². The average molecular weight is 1150 g/mol. The summed E-state index contributed by atoms with van der Waals surface area (Å²) in [6.45, 7) is 0. The number of rotatable bonds is 3. The van der Waals surface area contributed by atoms with Gasteiger partial charge >= 0.3 is 0 Å². The second-order valence-corrected chi connectivity index (χ2v) is 23.4. The monoisotopic (exact) mass is 1140 g/mol. The molecular weight excluding hydrogens is 1100 g/mol. The SMILES string of the molecule is Brc1ccc2c(c1)c1ccccc1n2-c1ccccc1.c1ccc(-n2c3ccccc3c3cc(-n4c5ccccc5c5cc6c7c(cccc7c54)-c4ccccc4-6)ccc32)cc1.c1ccc2c(c1)-c1cccc3c1c-2cc1c2ccccc2[nH]c31. The zero-order valence-electron chi connectivity index (χ0n) is 45.9. The van der Waals surface area contributed by atoms with Gasteiger partial charge in [0.1, 0.15) is 0 Å². The molecule has 0 fully saturated rings. The predicted molar refractivity (Wildman–Crippen MR) is 363 cm³/mol. The molecule has 0 amide bonds. The van der Waals surface area contributed by atoms with Gasteiger partial charge in [-0.1, -0.05) is 210 Å². The molecule has 0 radical (unpaired) electrons. The lowest BCUT2D eigenvalue weighted by Gasteiger charge is -2.12. The van der Waals surface area contributed by atoms with E-state index in [-0.39, 0.29) is 0 Å². The molecule has 0 spiro atoms. The molecule has 0 unspecified atom stereocenters. The third-order valence-corrected chi connectivity index (χ3v) is 18.5. The lowest BCUT2D eigenvalue weighted by molar-refractivity contribution is 1.17. The molecule has 0 atom stereocenters. The second-order valence-electron chi connectivity index (χ2n) is 22.5. The van der Waals surface area contributed by atoms with E-state index in [9.17, 15) is 0 Å². The molecule has 0 saturated carbocycles. The normalized spacial score (nSPS) is 12.1. The summed E-state index contributed by atoms with van der Waals surface area (Å²) in [5.74, 6) is 0. The van der Waals surface area contributed by atoms with Gasteiger partial charge in [-0.25, -0.2) is 0 Å². The largest absolute Gasteiger partial charge is 0.354 e. The van der Waals surface area contributed by atoms with Crippen molar-refractivity contribution in [1.29, 1.82) is 0 Å². The molecule has 2 aliphatic carbocycles. The molecule has 0 bridgehead atoms. The van der Waals surface area contributed by atoms with E-state index < -0.39 is 0 Å². The molecule has 2 aliphatic rings. The predicted octanol–water partition coefficient (Wildman–Crippen LogP) is 22.3. The smallest absolute Gasteiger partial charge is 0.0620 e. The maximum Gasteiger partial charge on any atom is 0.0620 e. The van der Waals surface area contributed by atoms with Crippen LogP contribution < -0.4 is 0 Å². The van der Waals surface area contributed by atoms with Crippen LogP contribution in [0.1, 0.15) is 0 Å². The molecule has 20 rings (SSSR count). The molecule has 85 heavy (non-hydrogen) atoms. The van der Waals surface area contributed by atoms with Gasteiger partial charge in [0.15, 0.2) is 0 Å². The van der Waals surface area contributed by atoms with Gasteiger partial charge in [-0.3, -0.25) is 0 Å². The summed E-state index contributed by atoms with van der Waals surface area (Å²) < 4.78 is 8.30. The molecule has 4 aromatic heterocycles. The minimum atomic E-state index is 1.11. The van der Waals surface area contributed by atoms with E-state index in [1.54, 1.807) is 0 Å². The van der Waals surface area contributed by atoms with Crippen LogP contribution in [0, 0.1) is 0 Å². The number of halogens is 1. The van der Waals surface area contributed by atoms with Crippen LogP contribution in [0.5, 0.6) is 0 Å². The molecule has 1 N–H and O–H groups in total. The number of nitrogens with one attached hydrogen (secondary N) is 1. The van der Waals surface area contributed by atoms with Crippen LogP contribution in [0.2, 0.25) is 0 Å². The van der Waals surface area contributed by atoms with Crippen LogP contribution in [-0.4, -0.2) is 18.7 Å². The van der Waals surface area contributed by atoms with E-state index in [0.717, 1.165) is 4.47 Å². The Morgan fingerprint density at radius 3 is 1.25 bits per heavy atom. The van der Waals surface area contributed by atoms with Crippen LogP contribution >= 0.6 is 15.9 Å². The number of hydrogen-bond donors (Lipinski definition) is 1. The van der Waals surface area contributed by atoms with E-state index in [1.165, 1.54) is 170 Å². The van der Waals surface area contributed by atoms with Crippen molar-refractivity contribution in [2.45, 2.75) is 0 Å². The molecule has 4 nitrogen and oxygen atoms in total. The Kier molecular flexibility index (Phi) is 10.5. The fourth-order valence-corrected chi connectivity index (χ4v) is 14.9. The zero-order valence-corrected chi connectivity index (χ0v) is 47.5. The summed E-state index contributed by atoms with van der Waals surface area (Å²) in [5, 5.41) is 15.7. The summed E-state index contributed by atoms with van der Waals surface area (Å²) in [7, 11) is 0. The van der Waals surface area contributed by atoms with Gasteiger partial charge in [0.25, 0.3) is 0 Å². The van der Waals surface area contributed by atoms with Gasteiger partial charge in [0, 0.05) is 80.9 Å². The van der Waals surface area contributed by atoms with Crippen LogP contribution in [-0.2, 0) is 0 Å². The van der Waals surface area contributed by atoms with Gasteiger partial charge in [-0.15, -0.1) is 0 Å². The molecule has 396 valence electrons. The highest BCUT2D eigenvalue weighted by Gasteiger charge is 2.27. The number of aromatic nitrogens is 4. The highest BCUT2D eigenvalue weighted by atomic mass is 79.9. The Morgan fingerprint density at radius 1 is 0.235 bits per heavy atom. The zero-order chi connectivity index (χ0) is 55.9. The summed E-state index contributed by atoms with van der Waals surface area (Å²) in [6.07, 6.45) is 0. The number of H-pyrrole nitrogens is 1. The summed E-state index contributed by atoms with van der Waals surface area (Å²) >= 11 is 3.57. The van der Waals surface area contributed by atoms with E-state index in [0.29, 0.717) is 0 Å². The summed E-state index contributed by atoms with van der Waals surface area (Å²) in [5.41, 5.74) is 24.2. The maximum absolute atomic E-state index is 3.63. The summed E-state index contributed by atoms with van der Waals surface area (Å²) in [6, 6.07) is 105. The van der Waals surface area contributed by atoms with E-state index >= 15 is 0 Å².